The van der Waals surface area contributed by atoms with Crippen LogP contribution in [0.1, 0.15) is 56.8 Å². The zero-order valence-corrected chi connectivity index (χ0v) is 53.9. The van der Waals surface area contributed by atoms with Gasteiger partial charge in [-0.15, -0.1) is 0 Å². The Morgan fingerprint density at radius 1 is 0.188 bits per heavy atom. The number of hydrogen-bond acceptors (Lipinski definition) is 0. The van der Waals surface area contributed by atoms with Crippen molar-refractivity contribution in [2.24, 2.45) is 0 Å². The topological polar surface area (TPSA) is 0 Å². The molecular weight excluding hydrogens is 1150 g/mol. The van der Waals surface area contributed by atoms with Crippen LogP contribution < -0.4 is 0 Å². The molecule has 0 aliphatic heterocycles. The molecule has 0 spiro atoms. The molecule has 0 aromatic heterocycles. The molecule has 19 rings (SSSR count). The highest BCUT2D eigenvalue weighted by molar-refractivity contribution is 6.26. The van der Waals surface area contributed by atoms with Crippen LogP contribution in [-0.4, -0.2) is 0 Å². The van der Waals surface area contributed by atoms with Crippen molar-refractivity contribution >= 4 is 64.6 Å². The third kappa shape index (κ3) is 8.97. The largest absolute Gasteiger partial charge is 0.0629 e. The van der Waals surface area contributed by atoms with Gasteiger partial charge in [-0.2, -0.15) is 0 Å². The second-order valence-corrected chi connectivity index (χ2v) is 26.9. The molecule has 0 atom stereocenters. The molecule has 452 valence electrons. The van der Waals surface area contributed by atoms with Crippen LogP contribution >= 0.6 is 0 Å². The van der Waals surface area contributed by atoms with Crippen molar-refractivity contribution in [1.29, 1.82) is 0 Å². The smallest absolute Gasteiger partial charge is 0.0622 e. The molecule has 2 aliphatic carbocycles. The Labute approximate surface area is 568 Å². The molecule has 0 saturated carbocycles. The summed E-state index contributed by atoms with van der Waals surface area (Å²) in [5.41, 5.74) is 25.7. The lowest BCUT2D eigenvalue weighted by atomic mass is 9.80. The van der Waals surface area contributed by atoms with Gasteiger partial charge in [-0.3, -0.25) is 0 Å². The molecule has 0 bridgehead atoms. The SMILES string of the molecule is CC1(C)c2ccccc2-c2ccc(-c3c4ccccc4c(-c4ccccc4)c4cc(-c5c6ccccc6c(-c6ccccc6)c6ccccc56)ccc34)cc21.[2H]c1c([2H])c([2H])c(-c2ccc3c(-c4ccc5c(c4)C(C)(C)c4ccccc4-5)c4ccccc4c(-c4ccccc4)c3c2)c([2H])c1[2H]. The van der Waals surface area contributed by atoms with Gasteiger partial charge in [0.2, 0.25) is 0 Å². The summed E-state index contributed by atoms with van der Waals surface area (Å²) in [6.07, 6.45) is 0. The van der Waals surface area contributed by atoms with Crippen molar-refractivity contribution in [1.82, 2.24) is 0 Å². The quantitative estimate of drug-likeness (QED) is 0.140. The molecular formula is C96H68. The minimum atomic E-state index is -0.389. The summed E-state index contributed by atoms with van der Waals surface area (Å²) in [5.74, 6) is 0. The molecule has 0 N–H and O–H groups in total. The van der Waals surface area contributed by atoms with E-state index in [4.69, 9.17) is 6.85 Å². The third-order valence-corrected chi connectivity index (χ3v) is 21.0. The Kier molecular flexibility index (Phi) is 12.1. The molecule has 0 fully saturated rings. The summed E-state index contributed by atoms with van der Waals surface area (Å²) in [5, 5.41) is 14.4. The third-order valence-electron chi connectivity index (χ3n) is 21.0. The Hall–Kier alpha value is -11.7. The second-order valence-electron chi connectivity index (χ2n) is 26.9. The van der Waals surface area contributed by atoms with Gasteiger partial charge in [0.15, 0.2) is 0 Å². The number of rotatable bonds is 7. The highest BCUT2D eigenvalue weighted by Crippen LogP contribution is 2.55. The van der Waals surface area contributed by atoms with Crippen LogP contribution in [0.5, 0.6) is 0 Å². The minimum Gasteiger partial charge on any atom is -0.0622 e. The average molecular weight is 1230 g/mol. The van der Waals surface area contributed by atoms with Crippen molar-refractivity contribution in [3.63, 3.8) is 0 Å². The van der Waals surface area contributed by atoms with Gasteiger partial charge in [-0.25, -0.2) is 0 Å². The van der Waals surface area contributed by atoms with Gasteiger partial charge in [0.25, 0.3) is 0 Å². The Morgan fingerprint density at radius 2 is 0.448 bits per heavy atom. The minimum absolute atomic E-state index is 0.0846. The van der Waals surface area contributed by atoms with Gasteiger partial charge in [0, 0.05) is 10.8 Å². The van der Waals surface area contributed by atoms with Crippen molar-refractivity contribution in [3.8, 4) is 100 Å². The molecule has 0 nitrogen and oxygen atoms in total. The molecule has 0 heterocycles. The Morgan fingerprint density at radius 3 is 0.823 bits per heavy atom. The molecule has 0 heteroatoms. The van der Waals surface area contributed by atoms with E-state index < -0.39 is 0 Å². The summed E-state index contributed by atoms with van der Waals surface area (Å²) >= 11 is 0. The molecule has 96 heavy (non-hydrogen) atoms. The van der Waals surface area contributed by atoms with E-state index in [1.807, 2.05) is 30.3 Å². The van der Waals surface area contributed by atoms with E-state index in [-0.39, 0.29) is 46.6 Å². The van der Waals surface area contributed by atoms with E-state index in [9.17, 15) is 0 Å². The van der Waals surface area contributed by atoms with Crippen molar-refractivity contribution in [2.75, 3.05) is 0 Å². The fraction of sp³-hybridized carbons (Fsp3) is 0.0625. The standard InChI is InChI=1S/C55H38.C41H30/c1-55(2)49-28-16-15-21-39(49)40-31-29-38(34-50(40)55)54-46-27-14-11-24-43(46)52(36-19-7-4-8-20-36)48-33-37(30-32-47(48)54)53-44-25-12-9-22-41(44)51(35-17-5-3-6-18-35)42-23-10-13-26-45(42)53;1-41(2)37-20-12-11-17-31(37)32-23-22-30(26-38(32)41)40-34-19-10-9-18-33(34)39(28-15-7-4-8-16-28)36-25-29(21-24-35(36)40)27-13-5-3-6-14-27/h3-34H,1-2H3;3-26H,1-2H3/i;3D,5D,6D,13D,14D. The van der Waals surface area contributed by atoms with Gasteiger partial charge < -0.3 is 0 Å². The molecule has 0 amide bonds. The highest BCUT2D eigenvalue weighted by atomic mass is 14.4. The normalized spacial score (nSPS) is 13.9. The van der Waals surface area contributed by atoms with Crippen LogP contribution in [0.2, 0.25) is 0 Å². The van der Waals surface area contributed by atoms with Gasteiger partial charge in [0.1, 0.15) is 0 Å². The Balaban J connectivity index is 0.000000148. The number of hydrogen-bond donors (Lipinski definition) is 0. The maximum absolute atomic E-state index is 8.70. The summed E-state index contributed by atoms with van der Waals surface area (Å²) in [6.45, 7) is 9.34. The fourth-order valence-electron chi connectivity index (χ4n) is 16.6. The van der Waals surface area contributed by atoms with Crippen LogP contribution in [-0.2, 0) is 10.8 Å². The number of fused-ring (bicyclic) bond motifs is 12. The van der Waals surface area contributed by atoms with E-state index in [0.29, 0.717) is 5.56 Å². The first-order chi connectivity index (χ1) is 49.3. The monoisotopic (exact) mass is 1230 g/mol. The molecule has 0 radical (unpaired) electrons. The van der Waals surface area contributed by atoms with Crippen LogP contribution in [0.4, 0.5) is 0 Å². The lowest BCUT2D eigenvalue weighted by Gasteiger charge is -2.23. The maximum atomic E-state index is 8.70. The molecule has 17 aromatic rings. The van der Waals surface area contributed by atoms with Crippen LogP contribution in [0.3, 0.4) is 0 Å². The first kappa shape index (κ1) is 51.8. The Bertz CT molecular complexity index is 6220. The zero-order chi connectivity index (χ0) is 68.6. The fourth-order valence-corrected chi connectivity index (χ4v) is 16.6. The second kappa shape index (κ2) is 22.5. The van der Waals surface area contributed by atoms with Crippen LogP contribution in [0, 0.1) is 0 Å². The highest BCUT2D eigenvalue weighted by Gasteiger charge is 2.37. The molecule has 0 unspecified atom stereocenters. The first-order valence-corrected chi connectivity index (χ1v) is 33.4. The summed E-state index contributed by atoms with van der Waals surface area (Å²) in [7, 11) is 0. The van der Waals surface area contributed by atoms with Gasteiger partial charge in [-0.05, 0) is 211 Å². The van der Waals surface area contributed by atoms with E-state index in [2.05, 4.69) is 307 Å². The van der Waals surface area contributed by atoms with E-state index >= 15 is 0 Å². The van der Waals surface area contributed by atoms with E-state index in [1.54, 1.807) is 0 Å². The summed E-state index contributed by atoms with van der Waals surface area (Å²) in [4.78, 5) is 0. The van der Waals surface area contributed by atoms with Crippen molar-refractivity contribution in [2.45, 2.75) is 38.5 Å². The zero-order valence-electron chi connectivity index (χ0n) is 58.9. The van der Waals surface area contributed by atoms with Gasteiger partial charge in [0.05, 0.1) is 6.85 Å². The predicted octanol–water partition coefficient (Wildman–Crippen LogP) is 26.6. The van der Waals surface area contributed by atoms with E-state index in [0.717, 1.165) is 43.8 Å². The average Bonchev–Trinajstić information content (AvgIpc) is 1.59. The van der Waals surface area contributed by atoms with Crippen LogP contribution in [0.15, 0.2) is 340 Å². The predicted molar refractivity (Wildman–Crippen MR) is 411 cm³/mol. The molecule has 2 aliphatic rings. The van der Waals surface area contributed by atoms with Crippen LogP contribution in [0.25, 0.3) is 165 Å². The van der Waals surface area contributed by atoms with Gasteiger partial charge >= 0.3 is 0 Å². The van der Waals surface area contributed by atoms with Crippen molar-refractivity contribution < 1.29 is 6.85 Å². The van der Waals surface area contributed by atoms with Crippen molar-refractivity contribution in [3.05, 3.63) is 362 Å². The lowest BCUT2D eigenvalue weighted by Crippen LogP contribution is -2.14. The molecule has 17 aromatic carbocycles. The first-order valence-electron chi connectivity index (χ1n) is 35.9. The van der Waals surface area contributed by atoms with Gasteiger partial charge in [-0.1, -0.05) is 343 Å². The maximum Gasteiger partial charge on any atom is 0.0629 e. The van der Waals surface area contributed by atoms with E-state index in [1.165, 1.54) is 132 Å². The number of benzene rings is 17. The summed E-state index contributed by atoms with van der Waals surface area (Å²) in [6, 6.07) is 111. The molecule has 0 saturated heterocycles. The summed E-state index contributed by atoms with van der Waals surface area (Å²) < 4.78 is 42.1. The lowest BCUT2D eigenvalue weighted by molar-refractivity contribution is 0.660.